The molecule has 1 atom stereocenters. The smallest absolute Gasteiger partial charge is 0.416 e. The molecule has 1 fully saturated rings. The third kappa shape index (κ3) is 5.24. The molecule has 1 saturated heterocycles. The fraction of sp³-hybridized carbons (Fsp3) is 0.562. The summed E-state index contributed by atoms with van der Waals surface area (Å²) in [6.07, 6.45) is -5.48. The van der Waals surface area contributed by atoms with Crippen LogP contribution in [-0.4, -0.2) is 40.7 Å². The highest BCUT2D eigenvalue weighted by atomic mass is 19.4. The van der Waals surface area contributed by atoms with Crippen molar-refractivity contribution in [1.29, 1.82) is 0 Å². The molecule has 1 aromatic rings. The van der Waals surface area contributed by atoms with Gasteiger partial charge in [-0.25, -0.2) is 4.79 Å². The molecule has 0 aromatic heterocycles. The fourth-order valence-electron chi connectivity index (χ4n) is 2.43. The average molecular weight is 376 g/mol. The summed E-state index contributed by atoms with van der Waals surface area (Å²) in [5, 5.41) is 10.9. The molecular weight excluding hydrogens is 357 g/mol. The number of likely N-dealkylation sites (tertiary alicyclic amines) is 1. The molecule has 0 spiro atoms. The van der Waals surface area contributed by atoms with Crippen molar-refractivity contribution in [3.05, 3.63) is 33.9 Å². The van der Waals surface area contributed by atoms with Gasteiger partial charge in [-0.15, -0.1) is 0 Å². The Labute approximate surface area is 147 Å². The van der Waals surface area contributed by atoms with E-state index in [2.05, 4.69) is 0 Å². The Hall–Kier alpha value is -2.52. The summed E-state index contributed by atoms with van der Waals surface area (Å²) in [4.78, 5) is 23.3. The number of non-ortho nitro benzene ring substituents is 1. The van der Waals surface area contributed by atoms with Crippen molar-refractivity contribution in [3.8, 4) is 5.75 Å². The second kappa shape index (κ2) is 7.00. The highest BCUT2D eigenvalue weighted by Crippen LogP contribution is 2.35. The highest BCUT2D eigenvalue weighted by Gasteiger charge is 2.35. The van der Waals surface area contributed by atoms with Crippen LogP contribution in [-0.2, 0) is 10.9 Å². The van der Waals surface area contributed by atoms with Crippen molar-refractivity contribution in [2.75, 3.05) is 13.1 Å². The first kappa shape index (κ1) is 19.8. The number of hydrogen-bond donors (Lipinski definition) is 0. The lowest BCUT2D eigenvalue weighted by Crippen LogP contribution is -2.36. The normalized spacial score (nSPS) is 17.9. The van der Waals surface area contributed by atoms with Gasteiger partial charge in [-0.05, 0) is 26.8 Å². The molecule has 1 heterocycles. The number of carbonyl (C=O) groups is 1. The molecule has 0 radical (unpaired) electrons. The molecule has 0 bridgehead atoms. The van der Waals surface area contributed by atoms with Gasteiger partial charge < -0.3 is 14.4 Å². The Kier molecular flexibility index (Phi) is 5.33. The topological polar surface area (TPSA) is 81.9 Å². The van der Waals surface area contributed by atoms with Gasteiger partial charge in [0.1, 0.15) is 17.5 Å². The third-order valence-corrected chi connectivity index (χ3v) is 3.53. The first-order valence-corrected chi connectivity index (χ1v) is 7.86. The number of rotatable bonds is 3. The first-order chi connectivity index (χ1) is 11.8. The zero-order valence-corrected chi connectivity index (χ0v) is 14.5. The molecular formula is C16H19F3N2O5. The van der Waals surface area contributed by atoms with E-state index in [0.29, 0.717) is 25.1 Å². The monoisotopic (exact) mass is 376 g/mol. The summed E-state index contributed by atoms with van der Waals surface area (Å²) >= 11 is 0. The van der Waals surface area contributed by atoms with Crippen LogP contribution in [0.1, 0.15) is 32.8 Å². The van der Waals surface area contributed by atoms with Crippen LogP contribution in [0.25, 0.3) is 0 Å². The van der Waals surface area contributed by atoms with Gasteiger partial charge in [-0.2, -0.15) is 13.2 Å². The molecule has 144 valence electrons. The summed E-state index contributed by atoms with van der Waals surface area (Å²) in [5.74, 6) is -0.262. The summed E-state index contributed by atoms with van der Waals surface area (Å²) < 4.78 is 49.4. The number of ether oxygens (including phenoxy) is 2. The van der Waals surface area contributed by atoms with Gasteiger partial charge in [0.25, 0.3) is 5.69 Å². The van der Waals surface area contributed by atoms with Crippen molar-refractivity contribution in [1.82, 2.24) is 4.90 Å². The van der Waals surface area contributed by atoms with E-state index in [1.165, 1.54) is 4.90 Å². The van der Waals surface area contributed by atoms with E-state index in [-0.39, 0.29) is 12.3 Å². The summed E-state index contributed by atoms with van der Waals surface area (Å²) in [7, 11) is 0. The van der Waals surface area contributed by atoms with Gasteiger partial charge >= 0.3 is 12.3 Å². The Balaban J connectivity index is 2.11. The average Bonchev–Trinajstić information content (AvgIpc) is 2.92. The summed E-state index contributed by atoms with van der Waals surface area (Å²) in [6.45, 7) is 5.60. The first-order valence-electron chi connectivity index (χ1n) is 7.86. The maximum Gasteiger partial charge on any atom is 0.416 e. The van der Waals surface area contributed by atoms with Gasteiger partial charge in [0.05, 0.1) is 23.1 Å². The van der Waals surface area contributed by atoms with Crippen LogP contribution in [0, 0.1) is 10.1 Å². The number of nitrogens with zero attached hydrogens (tertiary/aromatic N) is 2. The number of hydrogen-bond acceptors (Lipinski definition) is 5. The van der Waals surface area contributed by atoms with E-state index in [1.807, 2.05) is 0 Å². The fourth-order valence-corrected chi connectivity index (χ4v) is 2.43. The standard InChI is InChI=1S/C16H19F3N2O5/c1-15(2,3)26-14(22)20-5-4-12(9-20)25-13-7-10(16(17,18)19)6-11(8-13)21(23)24/h6-8,12H,4-5,9H2,1-3H3/t12-/m0/s1. The molecule has 0 N–H and O–H groups in total. The number of halogens is 3. The van der Waals surface area contributed by atoms with E-state index >= 15 is 0 Å². The lowest BCUT2D eigenvalue weighted by molar-refractivity contribution is -0.385. The minimum atomic E-state index is -4.73. The molecule has 1 aromatic carbocycles. The molecule has 0 unspecified atom stereocenters. The molecule has 26 heavy (non-hydrogen) atoms. The SMILES string of the molecule is CC(C)(C)OC(=O)N1CC[C@H](Oc2cc([N+](=O)[O-])cc(C(F)(F)F)c2)C1. The zero-order valence-electron chi connectivity index (χ0n) is 14.5. The Morgan fingerprint density at radius 2 is 1.92 bits per heavy atom. The van der Waals surface area contributed by atoms with E-state index in [0.717, 1.165) is 6.07 Å². The lowest BCUT2D eigenvalue weighted by atomic mass is 10.2. The molecule has 1 aliphatic rings. The minimum absolute atomic E-state index is 0.124. The van der Waals surface area contributed by atoms with Crippen LogP contribution in [0.5, 0.6) is 5.75 Å². The van der Waals surface area contributed by atoms with Crippen molar-refractivity contribution in [2.45, 2.75) is 45.1 Å². The Morgan fingerprint density at radius 1 is 1.27 bits per heavy atom. The molecule has 2 rings (SSSR count). The second-order valence-corrected chi connectivity index (χ2v) is 6.93. The predicted octanol–water partition coefficient (Wildman–Crippen LogP) is 4.00. The number of amides is 1. The van der Waals surface area contributed by atoms with E-state index in [9.17, 15) is 28.1 Å². The summed E-state index contributed by atoms with van der Waals surface area (Å²) in [5.41, 5.74) is -2.54. The number of nitro groups is 1. The molecule has 1 amide bonds. The van der Waals surface area contributed by atoms with E-state index in [4.69, 9.17) is 9.47 Å². The van der Waals surface area contributed by atoms with E-state index in [1.54, 1.807) is 20.8 Å². The van der Waals surface area contributed by atoms with Gasteiger partial charge in [0, 0.05) is 19.0 Å². The van der Waals surface area contributed by atoms with Gasteiger partial charge in [0.15, 0.2) is 0 Å². The molecule has 7 nitrogen and oxygen atoms in total. The Bertz CT molecular complexity index is 700. The van der Waals surface area contributed by atoms with Crippen LogP contribution >= 0.6 is 0 Å². The quantitative estimate of drug-likeness (QED) is 0.588. The minimum Gasteiger partial charge on any atom is -0.488 e. The zero-order chi connectivity index (χ0) is 19.7. The summed E-state index contributed by atoms with van der Waals surface area (Å²) in [6, 6.07) is 2.10. The van der Waals surface area contributed by atoms with Crippen molar-refractivity contribution in [3.63, 3.8) is 0 Å². The van der Waals surface area contributed by atoms with Gasteiger partial charge in [0.2, 0.25) is 0 Å². The van der Waals surface area contributed by atoms with Crippen molar-refractivity contribution < 1.29 is 32.4 Å². The third-order valence-electron chi connectivity index (χ3n) is 3.53. The predicted molar refractivity (Wildman–Crippen MR) is 84.9 cm³/mol. The molecule has 10 heteroatoms. The number of carbonyl (C=O) groups excluding carboxylic acids is 1. The van der Waals surface area contributed by atoms with Crippen molar-refractivity contribution in [2.24, 2.45) is 0 Å². The van der Waals surface area contributed by atoms with Crippen LogP contribution in [0.15, 0.2) is 18.2 Å². The number of nitro benzene ring substituents is 1. The largest absolute Gasteiger partial charge is 0.488 e. The van der Waals surface area contributed by atoms with Crippen LogP contribution < -0.4 is 4.74 Å². The highest BCUT2D eigenvalue weighted by molar-refractivity contribution is 5.68. The van der Waals surface area contributed by atoms with Crippen molar-refractivity contribution >= 4 is 11.8 Å². The Morgan fingerprint density at radius 3 is 2.46 bits per heavy atom. The maximum atomic E-state index is 12.9. The molecule has 0 saturated carbocycles. The molecule has 0 aliphatic carbocycles. The number of benzene rings is 1. The van der Waals surface area contributed by atoms with E-state index < -0.39 is 40.1 Å². The van der Waals surface area contributed by atoms with Gasteiger partial charge in [-0.3, -0.25) is 10.1 Å². The lowest BCUT2D eigenvalue weighted by Gasteiger charge is -2.24. The second-order valence-electron chi connectivity index (χ2n) is 6.93. The van der Waals surface area contributed by atoms with Crippen LogP contribution in [0.2, 0.25) is 0 Å². The maximum absolute atomic E-state index is 12.9. The van der Waals surface area contributed by atoms with Gasteiger partial charge in [-0.1, -0.05) is 0 Å². The van der Waals surface area contributed by atoms with Crippen LogP contribution in [0.4, 0.5) is 23.7 Å². The molecule has 1 aliphatic heterocycles. The van der Waals surface area contributed by atoms with Crippen LogP contribution in [0.3, 0.4) is 0 Å². The number of alkyl halides is 3.